The lowest BCUT2D eigenvalue weighted by Crippen LogP contribution is -2.33. The molecule has 1 aromatic rings. The number of hydrogen-bond donors (Lipinski definition) is 1. The van der Waals surface area contributed by atoms with Crippen molar-refractivity contribution in [1.82, 2.24) is 0 Å². The van der Waals surface area contributed by atoms with Crippen molar-refractivity contribution in [3.8, 4) is 0 Å². The van der Waals surface area contributed by atoms with E-state index in [0.717, 1.165) is 18.4 Å². The summed E-state index contributed by atoms with van der Waals surface area (Å²) in [5.74, 6) is -3.70. The molecular weight excluding hydrogens is 288 g/mol. The van der Waals surface area contributed by atoms with Crippen LogP contribution in [-0.2, 0) is 4.74 Å². The highest BCUT2D eigenvalue weighted by Gasteiger charge is 2.41. The number of benzene rings is 1. The van der Waals surface area contributed by atoms with Crippen molar-refractivity contribution in [2.75, 3.05) is 13.2 Å². The van der Waals surface area contributed by atoms with Crippen LogP contribution < -0.4 is 0 Å². The van der Waals surface area contributed by atoms with Gasteiger partial charge in [-0.05, 0) is 29.9 Å². The second-order valence-electron chi connectivity index (χ2n) is 5.39. The minimum absolute atomic E-state index is 0.434. The van der Waals surface area contributed by atoms with Crippen LogP contribution in [0.25, 0.3) is 0 Å². The third kappa shape index (κ3) is 4.17. The first-order valence-electron chi connectivity index (χ1n) is 6.92. The summed E-state index contributed by atoms with van der Waals surface area (Å²) in [6, 6.07) is 7.25. The fourth-order valence-corrected chi connectivity index (χ4v) is 2.23. The molecule has 1 aliphatic carbocycles. The first-order valence-corrected chi connectivity index (χ1v) is 6.92. The first-order chi connectivity index (χ1) is 9.90. The average molecular weight is 306 g/mol. The zero-order chi connectivity index (χ0) is 15.5. The van der Waals surface area contributed by atoms with Gasteiger partial charge in [0.05, 0.1) is 6.61 Å². The number of hydrogen-bond acceptors (Lipinski definition) is 2. The average Bonchev–Trinajstić information content (AvgIpc) is 2.36. The highest BCUT2D eigenvalue weighted by molar-refractivity contribution is 5.29. The number of aliphatic hydroxyl groups excluding tert-OH is 1. The Balaban J connectivity index is 1.87. The number of ether oxygens (including phenoxy) is 1. The second kappa shape index (κ2) is 6.75. The van der Waals surface area contributed by atoms with Gasteiger partial charge in [-0.1, -0.05) is 30.7 Å². The maximum atomic E-state index is 12.7. The minimum Gasteiger partial charge on any atom is -0.386 e. The summed E-state index contributed by atoms with van der Waals surface area (Å²) in [7, 11) is 0. The van der Waals surface area contributed by atoms with Crippen molar-refractivity contribution in [2.45, 2.75) is 43.6 Å². The normalized spacial score (nSPS) is 17.8. The molecule has 0 heterocycles. The lowest BCUT2D eigenvalue weighted by Gasteiger charge is -2.26. The fourth-order valence-electron chi connectivity index (χ4n) is 2.23. The van der Waals surface area contributed by atoms with E-state index in [0.29, 0.717) is 11.5 Å². The van der Waals surface area contributed by atoms with Crippen molar-refractivity contribution < 1.29 is 27.4 Å². The predicted octanol–water partition coefficient (Wildman–Crippen LogP) is 3.90. The maximum absolute atomic E-state index is 12.7. The summed E-state index contributed by atoms with van der Waals surface area (Å²) in [5.41, 5.74) is 1.66. The first kappa shape index (κ1) is 16.2. The van der Waals surface area contributed by atoms with Gasteiger partial charge in [0.25, 0.3) is 0 Å². The van der Waals surface area contributed by atoms with Crippen LogP contribution in [0.2, 0.25) is 0 Å². The molecule has 0 aliphatic heterocycles. The Bertz CT molecular complexity index is 461. The second-order valence-corrected chi connectivity index (χ2v) is 5.39. The van der Waals surface area contributed by atoms with E-state index in [1.54, 1.807) is 12.1 Å². The molecule has 1 fully saturated rings. The number of rotatable bonds is 7. The summed E-state index contributed by atoms with van der Waals surface area (Å²) in [6.07, 6.45) is -1.47. The third-order valence-electron chi connectivity index (χ3n) is 3.76. The molecule has 1 atom stereocenters. The summed E-state index contributed by atoms with van der Waals surface area (Å²) < 4.78 is 53.8. The smallest absolute Gasteiger partial charge is 0.330 e. The van der Waals surface area contributed by atoms with Gasteiger partial charge in [-0.15, -0.1) is 0 Å². The molecule has 1 aliphatic rings. The Kier molecular flexibility index (Phi) is 5.22. The van der Waals surface area contributed by atoms with Crippen LogP contribution in [-0.4, -0.2) is 30.7 Å². The fraction of sp³-hybridized carbons (Fsp3) is 0.600. The molecule has 0 amide bonds. The van der Waals surface area contributed by atoms with Crippen LogP contribution in [0, 0.1) is 0 Å². The molecule has 0 aromatic heterocycles. The molecular formula is C15H18F4O2. The van der Waals surface area contributed by atoms with E-state index < -0.39 is 31.7 Å². The van der Waals surface area contributed by atoms with E-state index in [-0.39, 0.29) is 0 Å². The van der Waals surface area contributed by atoms with Gasteiger partial charge in [0.15, 0.2) is 0 Å². The van der Waals surface area contributed by atoms with E-state index in [1.807, 2.05) is 12.1 Å². The molecule has 0 spiro atoms. The lowest BCUT2D eigenvalue weighted by atomic mass is 9.79. The molecule has 0 saturated heterocycles. The zero-order valence-corrected chi connectivity index (χ0v) is 11.4. The Morgan fingerprint density at radius 2 is 2.00 bits per heavy atom. The van der Waals surface area contributed by atoms with Crippen molar-refractivity contribution in [3.63, 3.8) is 0 Å². The van der Waals surface area contributed by atoms with E-state index in [9.17, 15) is 22.7 Å². The van der Waals surface area contributed by atoms with Gasteiger partial charge in [-0.25, -0.2) is 8.78 Å². The topological polar surface area (TPSA) is 29.5 Å². The van der Waals surface area contributed by atoms with E-state index in [2.05, 4.69) is 4.74 Å². The Labute approximate surface area is 120 Å². The van der Waals surface area contributed by atoms with Gasteiger partial charge in [-0.2, -0.15) is 8.78 Å². The summed E-state index contributed by atoms with van der Waals surface area (Å²) in [6.45, 7) is -1.83. The van der Waals surface area contributed by atoms with Crippen LogP contribution >= 0.6 is 0 Å². The molecule has 2 nitrogen and oxygen atoms in total. The van der Waals surface area contributed by atoms with E-state index in [4.69, 9.17) is 0 Å². The van der Waals surface area contributed by atoms with E-state index >= 15 is 0 Å². The van der Waals surface area contributed by atoms with Gasteiger partial charge < -0.3 is 9.84 Å². The molecule has 0 radical (unpaired) electrons. The van der Waals surface area contributed by atoms with Crippen molar-refractivity contribution >= 4 is 0 Å². The van der Waals surface area contributed by atoms with Gasteiger partial charge in [-0.3, -0.25) is 0 Å². The van der Waals surface area contributed by atoms with Crippen LogP contribution in [0.1, 0.15) is 42.4 Å². The molecule has 1 unspecified atom stereocenters. The van der Waals surface area contributed by atoms with Gasteiger partial charge in [0, 0.05) is 0 Å². The molecule has 1 saturated carbocycles. The molecule has 1 aromatic carbocycles. The minimum atomic E-state index is -4.19. The highest BCUT2D eigenvalue weighted by atomic mass is 19.3. The molecule has 2 rings (SSSR count). The molecule has 1 N–H and O–H groups in total. The quantitative estimate of drug-likeness (QED) is 0.774. The van der Waals surface area contributed by atoms with Crippen molar-refractivity contribution in [1.29, 1.82) is 0 Å². The van der Waals surface area contributed by atoms with Gasteiger partial charge in [0.1, 0.15) is 12.7 Å². The number of alkyl halides is 4. The Hall–Kier alpha value is -1.14. The van der Waals surface area contributed by atoms with Gasteiger partial charge in [0.2, 0.25) is 0 Å². The standard InChI is InChI=1S/C15H18F4O2/c16-14(17)15(18,19)9-21-8-13(20)12-6-2-5-11(7-12)10-3-1-4-10/h2,5-7,10,13-14,20H,1,3-4,8-9H2. The largest absolute Gasteiger partial charge is 0.386 e. The maximum Gasteiger partial charge on any atom is 0.330 e. The molecule has 0 bridgehead atoms. The van der Waals surface area contributed by atoms with Crippen LogP contribution in [0.5, 0.6) is 0 Å². The van der Waals surface area contributed by atoms with E-state index in [1.165, 1.54) is 6.42 Å². The Morgan fingerprint density at radius 3 is 2.57 bits per heavy atom. The lowest BCUT2D eigenvalue weighted by molar-refractivity contribution is -0.170. The van der Waals surface area contributed by atoms with Crippen molar-refractivity contribution in [3.05, 3.63) is 35.4 Å². The summed E-state index contributed by atoms with van der Waals surface area (Å²) >= 11 is 0. The Morgan fingerprint density at radius 1 is 1.29 bits per heavy atom. The summed E-state index contributed by atoms with van der Waals surface area (Å²) in [5, 5.41) is 9.90. The van der Waals surface area contributed by atoms with Crippen LogP contribution in [0.4, 0.5) is 17.6 Å². The molecule has 6 heteroatoms. The third-order valence-corrected chi connectivity index (χ3v) is 3.76. The molecule has 21 heavy (non-hydrogen) atoms. The summed E-state index contributed by atoms with van der Waals surface area (Å²) in [4.78, 5) is 0. The predicted molar refractivity (Wildman–Crippen MR) is 69.8 cm³/mol. The van der Waals surface area contributed by atoms with Gasteiger partial charge >= 0.3 is 12.3 Å². The number of halogens is 4. The zero-order valence-electron chi connectivity index (χ0n) is 11.4. The SMILES string of the molecule is OC(COCC(F)(F)C(F)F)c1cccc(C2CCC2)c1. The van der Waals surface area contributed by atoms with Crippen LogP contribution in [0.3, 0.4) is 0 Å². The van der Waals surface area contributed by atoms with Crippen molar-refractivity contribution in [2.24, 2.45) is 0 Å². The number of aliphatic hydroxyl groups is 1. The van der Waals surface area contributed by atoms with Crippen LogP contribution in [0.15, 0.2) is 24.3 Å². The monoisotopic (exact) mass is 306 g/mol. The molecule has 118 valence electrons. The highest BCUT2D eigenvalue weighted by Crippen LogP contribution is 2.37.